The average molecular weight is 331 g/mol. The SMILES string of the molecule is C=CCN(CCC(=O)OCC)C(=O)/C=C/c1ccc(OCC)cc1. The van der Waals surface area contributed by atoms with E-state index in [-0.39, 0.29) is 18.3 Å². The molecule has 5 heteroatoms. The van der Waals surface area contributed by atoms with Crippen LogP contribution in [0.25, 0.3) is 6.08 Å². The zero-order valence-corrected chi connectivity index (χ0v) is 14.4. The Morgan fingerprint density at radius 2 is 1.88 bits per heavy atom. The molecule has 1 aromatic rings. The Morgan fingerprint density at radius 3 is 2.46 bits per heavy atom. The van der Waals surface area contributed by atoms with Crippen molar-refractivity contribution in [3.63, 3.8) is 0 Å². The van der Waals surface area contributed by atoms with Crippen LogP contribution in [0.1, 0.15) is 25.8 Å². The lowest BCUT2D eigenvalue weighted by molar-refractivity contribution is -0.143. The number of hydrogen-bond donors (Lipinski definition) is 0. The number of benzene rings is 1. The summed E-state index contributed by atoms with van der Waals surface area (Å²) in [6, 6.07) is 7.47. The first-order chi connectivity index (χ1) is 11.6. The molecule has 0 aromatic heterocycles. The van der Waals surface area contributed by atoms with Gasteiger partial charge in [0.2, 0.25) is 5.91 Å². The molecule has 130 valence electrons. The molecular formula is C19H25NO4. The van der Waals surface area contributed by atoms with Crippen molar-refractivity contribution in [1.82, 2.24) is 4.90 Å². The number of amides is 1. The summed E-state index contributed by atoms with van der Waals surface area (Å²) < 4.78 is 10.3. The molecule has 0 unspecified atom stereocenters. The van der Waals surface area contributed by atoms with Crippen LogP contribution in [0.4, 0.5) is 0 Å². The van der Waals surface area contributed by atoms with Crippen molar-refractivity contribution in [2.75, 3.05) is 26.3 Å². The summed E-state index contributed by atoms with van der Waals surface area (Å²) in [6.45, 7) is 8.96. The molecule has 0 radical (unpaired) electrons. The molecule has 1 amide bonds. The van der Waals surface area contributed by atoms with Gasteiger partial charge in [-0.3, -0.25) is 9.59 Å². The molecular weight excluding hydrogens is 306 g/mol. The van der Waals surface area contributed by atoms with Gasteiger partial charge in [-0.15, -0.1) is 6.58 Å². The van der Waals surface area contributed by atoms with Gasteiger partial charge in [-0.25, -0.2) is 0 Å². The van der Waals surface area contributed by atoms with Crippen LogP contribution in [0.2, 0.25) is 0 Å². The molecule has 0 aliphatic carbocycles. The van der Waals surface area contributed by atoms with E-state index in [9.17, 15) is 9.59 Å². The number of carbonyl (C=O) groups excluding carboxylic acids is 2. The van der Waals surface area contributed by atoms with E-state index in [0.717, 1.165) is 11.3 Å². The minimum absolute atomic E-state index is 0.171. The van der Waals surface area contributed by atoms with Gasteiger partial charge in [-0.05, 0) is 37.6 Å². The normalized spacial score (nSPS) is 10.4. The van der Waals surface area contributed by atoms with Crippen molar-refractivity contribution < 1.29 is 19.1 Å². The summed E-state index contributed by atoms with van der Waals surface area (Å²) in [5.74, 6) is 0.312. The van der Waals surface area contributed by atoms with Crippen LogP contribution in [0.5, 0.6) is 5.75 Å². The molecule has 0 fully saturated rings. The molecule has 1 aromatic carbocycles. The second-order valence-electron chi connectivity index (χ2n) is 4.96. The highest BCUT2D eigenvalue weighted by Gasteiger charge is 2.11. The number of esters is 1. The second kappa shape index (κ2) is 11.0. The summed E-state index contributed by atoms with van der Waals surface area (Å²) in [7, 11) is 0. The summed E-state index contributed by atoms with van der Waals surface area (Å²) in [5, 5.41) is 0. The Kier molecular flexibility index (Phi) is 8.97. The Hall–Kier alpha value is -2.56. The molecule has 0 saturated heterocycles. The topological polar surface area (TPSA) is 55.8 Å². The maximum atomic E-state index is 12.3. The van der Waals surface area contributed by atoms with Crippen molar-refractivity contribution in [2.24, 2.45) is 0 Å². The quantitative estimate of drug-likeness (QED) is 0.376. The summed E-state index contributed by atoms with van der Waals surface area (Å²) in [6.07, 6.45) is 5.03. The number of hydrogen-bond acceptors (Lipinski definition) is 4. The predicted molar refractivity (Wildman–Crippen MR) is 94.7 cm³/mol. The first-order valence-corrected chi connectivity index (χ1v) is 8.07. The van der Waals surface area contributed by atoms with E-state index in [2.05, 4.69) is 6.58 Å². The maximum Gasteiger partial charge on any atom is 0.307 e. The minimum Gasteiger partial charge on any atom is -0.494 e. The van der Waals surface area contributed by atoms with Crippen molar-refractivity contribution in [2.45, 2.75) is 20.3 Å². The van der Waals surface area contributed by atoms with E-state index < -0.39 is 0 Å². The molecule has 0 heterocycles. The molecule has 1 rings (SSSR count). The maximum absolute atomic E-state index is 12.3. The first-order valence-electron chi connectivity index (χ1n) is 8.07. The van der Waals surface area contributed by atoms with Gasteiger partial charge < -0.3 is 14.4 Å². The molecule has 0 bridgehead atoms. The van der Waals surface area contributed by atoms with E-state index in [1.54, 1.807) is 24.0 Å². The van der Waals surface area contributed by atoms with E-state index >= 15 is 0 Å². The third-order valence-corrected chi connectivity index (χ3v) is 3.16. The molecule has 0 aliphatic rings. The van der Waals surface area contributed by atoms with Gasteiger partial charge in [0.05, 0.1) is 19.6 Å². The van der Waals surface area contributed by atoms with Crippen molar-refractivity contribution in [1.29, 1.82) is 0 Å². The zero-order valence-electron chi connectivity index (χ0n) is 14.4. The van der Waals surface area contributed by atoms with Crippen LogP contribution < -0.4 is 4.74 Å². The minimum atomic E-state index is -0.310. The largest absolute Gasteiger partial charge is 0.494 e. The van der Waals surface area contributed by atoms with Gasteiger partial charge in [-0.2, -0.15) is 0 Å². The highest BCUT2D eigenvalue weighted by Crippen LogP contribution is 2.13. The lowest BCUT2D eigenvalue weighted by atomic mass is 10.2. The highest BCUT2D eigenvalue weighted by molar-refractivity contribution is 5.92. The number of ether oxygens (including phenoxy) is 2. The van der Waals surface area contributed by atoms with Gasteiger partial charge in [0.25, 0.3) is 0 Å². The highest BCUT2D eigenvalue weighted by atomic mass is 16.5. The van der Waals surface area contributed by atoms with Crippen molar-refractivity contribution >= 4 is 18.0 Å². The van der Waals surface area contributed by atoms with Crippen LogP contribution in [0.15, 0.2) is 43.0 Å². The molecule has 24 heavy (non-hydrogen) atoms. The third-order valence-electron chi connectivity index (χ3n) is 3.16. The van der Waals surface area contributed by atoms with Crippen LogP contribution in [0, 0.1) is 0 Å². The fourth-order valence-corrected chi connectivity index (χ4v) is 2.02. The average Bonchev–Trinajstić information content (AvgIpc) is 2.58. The Labute approximate surface area is 143 Å². The van der Waals surface area contributed by atoms with Crippen LogP contribution in [0.3, 0.4) is 0 Å². The van der Waals surface area contributed by atoms with E-state index in [0.29, 0.717) is 26.3 Å². The molecule has 0 atom stereocenters. The zero-order chi connectivity index (χ0) is 17.8. The molecule has 0 aliphatic heterocycles. The van der Waals surface area contributed by atoms with E-state index in [1.165, 1.54) is 6.08 Å². The molecule has 0 saturated carbocycles. The van der Waals surface area contributed by atoms with Gasteiger partial charge in [0.15, 0.2) is 0 Å². The van der Waals surface area contributed by atoms with Crippen molar-refractivity contribution in [3.05, 3.63) is 48.6 Å². The van der Waals surface area contributed by atoms with Gasteiger partial charge in [-0.1, -0.05) is 18.2 Å². The molecule has 0 spiro atoms. The first kappa shape index (κ1) is 19.5. The number of carbonyl (C=O) groups is 2. The summed E-state index contributed by atoms with van der Waals surface area (Å²) in [5.41, 5.74) is 0.899. The lowest BCUT2D eigenvalue weighted by Gasteiger charge is -2.18. The Balaban J connectivity index is 2.62. The monoisotopic (exact) mass is 331 g/mol. The van der Waals surface area contributed by atoms with Crippen LogP contribution in [-0.2, 0) is 14.3 Å². The fourth-order valence-electron chi connectivity index (χ4n) is 2.02. The van der Waals surface area contributed by atoms with Crippen molar-refractivity contribution in [3.8, 4) is 5.75 Å². The van der Waals surface area contributed by atoms with E-state index in [1.807, 2.05) is 31.2 Å². The van der Waals surface area contributed by atoms with Crippen LogP contribution in [-0.4, -0.2) is 43.1 Å². The molecule has 5 nitrogen and oxygen atoms in total. The summed E-state index contributed by atoms with van der Waals surface area (Å²) >= 11 is 0. The third kappa shape index (κ3) is 7.13. The smallest absolute Gasteiger partial charge is 0.307 e. The standard InChI is InChI=1S/C19H25NO4/c1-4-14-20(15-13-19(22)24-6-3)18(21)12-9-16-7-10-17(11-8-16)23-5-2/h4,7-12H,1,5-6,13-15H2,2-3H3/b12-9+. The van der Waals surface area contributed by atoms with E-state index in [4.69, 9.17) is 9.47 Å². The number of rotatable bonds is 10. The van der Waals surface area contributed by atoms with Crippen LogP contribution >= 0.6 is 0 Å². The predicted octanol–water partition coefficient (Wildman–Crippen LogP) is 3.07. The summed E-state index contributed by atoms with van der Waals surface area (Å²) in [4.78, 5) is 25.2. The fraction of sp³-hybridized carbons (Fsp3) is 0.368. The number of nitrogens with zero attached hydrogens (tertiary/aromatic N) is 1. The van der Waals surface area contributed by atoms with Gasteiger partial charge in [0.1, 0.15) is 5.75 Å². The molecule has 0 N–H and O–H groups in total. The Morgan fingerprint density at radius 1 is 1.17 bits per heavy atom. The lowest BCUT2D eigenvalue weighted by Crippen LogP contribution is -2.32. The Bertz CT molecular complexity index is 563. The van der Waals surface area contributed by atoms with Gasteiger partial charge in [0, 0.05) is 19.2 Å². The van der Waals surface area contributed by atoms with Gasteiger partial charge >= 0.3 is 5.97 Å². The second-order valence-corrected chi connectivity index (χ2v) is 4.96.